The van der Waals surface area contributed by atoms with Gasteiger partial charge in [0.25, 0.3) is 0 Å². The minimum atomic E-state index is 0.425. The van der Waals surface area contributed by atoms with Crippen molar-refractivity contribution in [3.63, 3.8) is 0 Å². The molecular formula is C13H29NO. The maximum atomic E-state index is 5.22. The third-order valence-electron chi connectivity index (χ3n) is 2.57. The molecule has 0 aromatic heterocycles. The van der Waals surface area contributed by atoms with E-state index in [9.17, 15) is 0 Å². The van der Waals surface area contributed by atoms with Crippen molar-refractivity contribution in [1.29, 1.82) is 0 Å². The van der Waals surface area contributed by atoms with Gasteiger partial charge in [0.2, 0.25) is 0 Å². The van der Waals surface area contributed by atoms with Crippen molar-refractivity contribution in [2.75, 3.05) is 19.7 Å². The Bertz CT molecular complexity index is 105. The highest BCUT2D eigenvalue weighted by molar-refractivity contribution is 4.59. The van der Waals surface area contributed by atoms with Gasteiger partial charge in [-0.1, -0.05) is 52.4 Å². The van der Waals surface area contributed by atoms with E-state index in [0.29, 0.717) is 6.10 Å². The summed E-state index contributed by atoms with van der Waals surface area (Å²) >= 11 is 0. The molecule has 1 saturated heterocycles. The maximum absolute atomic E-state index is 5.22. The lowest BCUT2D eigenvalue weighted by molar-refractivity contribution is 0.0410. The zero-order chi connectivity index (χ0) is 11.4. The lowest BCUT2D eigenvalue weighted by Gasteiger charge is -2.18. The molecule has 0 saturated carbocycles. The van der Waals surface area contributed by atoms with Gasteiger partial charge in [-0.05, 0) is 6.92 Å². The van der Waals surface area contributed by atoms with Crippen LogP contribution >= 0.6 is 0 Å². The van der Waals surface area contributed by atoms with E-state index in [0.717, 1.165) is 19.7 Å². The Morgan fingerprint density at radius 1 is 1.07 bits per heavy atom. The SMILES string of the molecule is CC1CNCCO1.CCCCCCCC. The fourth-order valence-corrected chi connectivity index (χ4v) is 1.55. The Hall–Kier alpha value is -0.0800. The smallest absolute Gasteiger partial charge is 0.0672 e. The minimum absolute atomic E-state index is 0.425. The fourth-order valence-electron chi connectivity index (χ4n) is 1.55. The first-order valence-corrected chi connectivity index (χ1v) is 6.63. The second-order valence-electron chi connectivity index (χ2n) is 4.30. The Morgan fingerprint density at radius 3 is 1.93 bits per heavy atom. The summed E-state index contributed by atoms with van der Waals surface area (Å²) in [6, 6.07) is 0. The molecule has 0 aromatic rings. The monoisotopic (exact) mass is 215 g/mol. The van der Waals surface area contributed by atoms with Crippen LogP contribution < -0.4 is 5.32 Å². The van der Waals surface area contributed by atoms with Crippen LogP contribution in [0.3, 0.4) is 0 Å². The van der Waals surface area contributed by atoms with E-state index >= 15 is 0 Å². The van der Waals surface area contributed by atoms with Crippen LogP contribution in [-0.4, -0.2) is 25.8 Å². The van der Waals surface area contributed by atoms with Crippen LogP contribution in [0.5, 0.6) is 0 Å². The van der Waals surface area contributed by atoms with Crippen LogP contribution in [-0.2, 0) is 4.74 Å². The molecule has 1 aliphatic rings. The topological polar surface area (TPSA) is 21.3 Å². The number of ether oxygens (including phenoxy) is 1. The number of morpholine rings is 1. The Kier molecular flexibility index (Phi) is 11.9. The predicted molar refractivity (Wildman–Crippen MR) is 67.3 cm³/mol. The number of hydrogen-bond donors (Lipinski definition) is 1. The van der Waals surface area contributed by atoms with E-state index in [1.165, 1.54) is 38.5 Å². The van der Waals surface area contributed by atoms with Crippen molar-refractivity contribution in [3.05, 3.63) is 0 Å². The summed E-state index contributed by atoms with van der Waals surface area (Å²) in [4.78, 5) is 0. The summed E-state index contributed by atoms with van der Waals surface area (Å²) in [6.07, 6.45) is 8.91. The third kappa shape index (κ3) is 11.8. The van der Waals surface area contributed by atoms with Crippen molar-refractivity contribution in [3.8, 4) is 0 Å². The molecule has 1 heterocycles. The molecular weight excluding hydrogens is 186 g/mol. The Balaban J connectivity index is 0.000000262. The van der Waals surface area contributed by atoms with Gasteiger partial charge in [0.1, 0.15) is 0 Å². The van der Waals surface area contributed by atoms with Crippen molar-refractivity contribution >= 4 is 0 Å². The first kappa shape index (κ1) is 14.9. The molecule has 1 N–H and O–H groups in total. The molecule has 1 unspecified atom stereocenters. The molecule has 2 heteroatoms. The van der Waals surface area contributed by atoms with E-state index < -0.39 is 0 Å². The molecule has 0 amide bonds. The zero-order valence-corrected chi connectivity index (χ0v) is 10.8. The summed E-state index contributed by atoms with van der Waals surface area (Å²) in [5, 5.41) is 3.21. The number of hydrogen-bond acceptors (Lipinski definition) is 2. The standard InChI is InChI=1S/C8H18.C5H11NO/c1-3-5-7-8-6-4-2;1-5-4-6-2-3-7-5/h3-8H2,1-2H3;5-6H,2-4H2,1H3. The first-order valence-electron chi connectivity index (χ1n) is 6.63. The fraction of sp³-hybridized carbons (Fsp3) is 1.00. The molecule has 1 aliphatic heterocycles. The van der Waals surface area contributed by atoms with E-state index in [4.69, 9.17) is 4.74 Å². The van der Waals surface area contributed by atoms with Crippen LogP contribution in [0, 0.1) is 0 Å². The van der Waals surface area contributed by atoms with Gasteiger partial charge in [-0.2, -0.15) is 0 Å². The minimum Gasteiger partial charge on any atom is -0.376 e. The van der Waals surface area contributed by atoms with Crippen LogP contribution in [0.1, 0.15) is 59.3 Å². The van der Waals surface area contributed by atoms with Gasteiger partial charge in [-0.15, -0.1) is 0 Å². The van der Waals surface area contributed by atoms with Gasteiger partial charge in [0.05, 0.1) is 12.7 Å². The van der Waals surface area contributed by atoms with E-state index in [1.807, 2.05) is 0 Å². The van der Waals surface area contributed by atoms with Gasteiger partial charge < -0.3 is 10.1 Å². The zero-order valence-electron chi connectivity index (χ0n) is 10.8. The predicted octanol–water partition coefficient (Wildman–Crippen LogP) is 3.36. The van der Waals surface area contributed by atoms with Gasteiger partial charge in [0, 0.05) is 13.1 Å². The average Bonchev–Trinajstić information content (AvgIpc) is 2.27. The molecule has 0 aliphatic carbocycles. The number of rotatable bonds is 5. The molecule has 0 aromatic carbocycles. The second kappa shape index (κ2) is 12.0. The van der Waals surface area contributed by atoms with Gasteiger partial charge in [-0.3, -0.25) is 0 Å². The molecule has 1 atom stereocenters. The molecule has 1 rings (SSSR count). The molecule has 2 nitrogen and oxygen atoms in total. The summed E-state index contributed by atoms with van der Waals surface area (Å²) in [7, 11) is 0. The highest BCUT2D eigenvalue weighted by Gasteiger charge is 2.04. The van der Waals surface area contributed by atoms with Gasteiger partial charge in [-0.25, -0.2) is 0 Å². The van der Waals surface area contributed by atoms with Crippen LogP contribution in [0.2, 0.25) is 0 Å². The van der Waals surface area contributed by atoms with Crippen molar-refractivity contribution in [1.82, 2.24) is 5.32 Å². The molecule has 15 heavy (non-hydrogen) atoms. The molecule has 0 radical (unpaired) electrons. The van der Waals surface area contributed by atoms with Gasteiger partial charge >= 0.3 is 0 Å². The average molecular weight is 215 g/mol. The van der Waals surface area contributed by atoms with E-state index in [2.05, 4.69) is 26.1 Å². The van der Waals surface area contributed by atoms with Crippen molar-refractivity contribution in [2.24, 2.45) is 0 Å². The normalized spacial score (nSPS) is 20.6. The highest BCUT2D eigenvalue weighted by atomic mass is 16.5. The number of unbranched alkanes of at least 4 members (excludes halogenated alkanes) is 5. The third-order valence-corrected chi connectivity index (χ3v) is 2.57. The summed E-state index contributed by atoms with van der Waals surface area (Å²) in [5.41, 5.74) is 0. The lowest BCUT2D eigenvalue weighted by atomic mass is 10.1. The molecule has 1 fully saturated rings. The van der Waals surface area contributed by atoms with Crippen molar-refractivity contribution < 1.29 is 4.74 Å². The molecule has 0 spiro atoms. The summed E-state index contributed by atoms with van der Waals surface area (Å²) < 4.78 is 5.22. The molecule has 0 bridgehead atoms. The summed E-state index contributed by atoms with van der Waals surface area (Å²) in [5.74, 6) is 0. The highest BCUT2D eigenvalue weighted by Crippen LogP contribution is 2.03. The second-order valence-corrected chi connectivity index (χ2v) is 4.30. The molecule has 92 valence electrons. The quantitative estimate of drug-likeness (QED) is 0.710. The largest absolute Gasteiger partial charge is 0.376 e. The van der Waals surface area contributed by atoms with E-state index in [-0.39, 0.29) is 0 Å². The van der Waals surface area contributed by atoms with Gasteiger partial charge in [0.15, 0.2) is 0 Å². The van der Waals surface area contributed by atoms with Crippen LogP contribution in [0.4, 0.5) is 0 Å². The lowest BCUT2D eigenvalue weighted by Crippen LogP contribution is -2.36. The van der Waals surface area contributed by atoms with Crippen LogP contribution in [0.15, 0.2) is 0 Å². The van der Waals surface area contributed by atoms with Crippen LogP contribution in [0.25, 0.3) is 0 Å². The Morgan fingerprint density at radius 2 is 1.67 bits per heavy atom. The number of nitrogens with one attached hydrogen (secondary N) is 1. The summed E-state index contributed by atoms with van der Waals surface area (Å²) in [6.45, 7) is 9.50. The first-order chi connectivity index (χ1) is 7.31. The Labute approximate surface area is 95.8 Å². The van der Waals surface area contributed by atoms with E-state index in [1.54, 1.807) is 0 Å². The maximum Gasteiger partial charge on any atom is 0.0672 e. The van der Waals surface area contributed by atoms with Crippen molar-refractivity contribution in [2.45, 2.75) is 65.4 Å².